The van der Waals surface area contributed by atoms with Gasteiger partial charge >= 0.3 is 6.18 Å². The minimum absolute atomic E-state index is 0.0523. The summed E-state index contributed by atoms with van der Waals surface area (Å²) in [5.74, 6) is -0.632. The number of ether oxygens (including phenoxy) is 1. The molecule has 37 heavy (non-hydrogen) atoms. The maximum Gasteiger partial charge on any atom is 0.433 e. The number of piperidine rings is 1. The molecule has 0 radical (unpaired) electrons. The second-order valence-electron chi connectivity index (χ2n) is 8.21. The molecule has 0 bridgehead atoms. The quantitative estimate of drug-likeness (QED) is 0.369. The molecule has 0 saturated carbocycles. The third-order valence-electron chi connectivity index (χ3n) is 5.48. The number of hydrogen-bond donors (Lipinski definition) is 2. The van der Waals surface area contributed by atoms with E-state index in [9.17, 15) is 22.8 Å². The maximum atomic E-state index is 12.9. The van der Waals surface area contributed by atoms with E-state index in [0.29, 0.717) is 18.7 Å². The van der Waals surface area contributed by atoms with Crippen molar-refractivity contribution in [1.29, 1.82) is 0 Å². The number of carbonyl (C=O) groups excluding carboxylic acids is 2. The fourth-order valence-corrected chi connectivity index (χ4v) is 3.88. The van der Waals surface area contributed by atoms with Gasteiger partial charge in [-0.25, -0.2) is 9.67 Å². The van der Waals surface area contributed by atoms with Gasteiger partial charge in [0.05, 0.1) is 6.04 Å². The van der Waals surface area contributed by atoms with Crippen LogP contribution in [0.15, 0.2) is 55.1 Å². The molecule has 3 aromatic rings. The first-order valence-electron chi connectivity index (χ1n) is 11.4. The zero-order valence-corrected chi connectivity index (χ0v) is 20.1. The average Bonchev–Trinajstić information content (AvgIpc) is 3.22. The number of carbonyl (C=O) groups is 2. The molecule has 2 aromatic heterocycles. The number of rotatable bonds is 6. The minimum Gasteiger partial charge on any atom is -0.439 e. The fraction of sp³-hybridized carbons (Fsp3) is 0.280. The molecule has 2 amide bonds. The Kier molecular flexibility index (Phi) is 8.53. The number of nitrogen functional groups attached to an aromatic ring is 1. The molecule has 4 rings (SSSR count). The summed E-state index contributed by atoms with van der Waals surface area (Å²) in [5, 5.41) is 4.52. The van der Waals surface area contributed by atoms with Gasteiger partial charge in [0.2, 0.25) is 12.3 Å². The molecule has 1 aromatic carbocycles. The molecular formula is C25H27F3N6O3. The summed E-state index contributed by atoms with van der Waals surface area (Å²) in [6.45, 7) is 6.29. The van der Waals surface area contributed by atoms with Crippen molar-refractivity contribution in [2.75, 3.05) is 18.8 Å². The summed E-state index contributed by atoms with van der Waals surface area (Å²) in [5.41, 5.74) is 11.5. The number of nitrogens with two attached hydrogens (primary N) is 2. The first-order chi connectivity index (χ1) is 17.6. The highest BCUT2D eigenvalue weighted by atomic mass is 19.4. The SMILES string of the molecule is C=CC.NC(=O)c1c(-c2ccc(Oc3cccc(C(F)(F)F)n3)cc2)nn([C@@H]2CCCN(C=O)C2)c1N. The Morgan fingerprint density at radius 1 is 1.22 bits per heavy atom. The van der Waals surface area contributed by atoms with Crippen molar-refractivity contribution in [2.24, 2.45) is 5.73 Å². The standard InChI is InChI=1S/C22H21F3N6O3.C3H6/c23-22(24,25)16-4-1-5-17(28-16)34-15-8-6-13(7-9-15)19-18(21(27)33)20(26)31(29-19)14-3-2-10-30(11-14)12-32;1-3-2/h1,4-9,12,14H,2-3,10-11,26H2,(H2,27,33);3H,1H2,2H3/t14-;/m1./s1. The van der Waals surface area contributed by atoms with Gasteiger partial charge in [-0.1, -0.05) is 12.1 Å². The highest BCUT2D eigenvalue weighted by molar-refractivity contribution is 6.03. The second kappa shape index (κ2) is 11.6. The van der Waals surface area contributed by atoms with E-state index in [-0.39, 0.29) is 34.7 Å². The number of allylic oxidation sites excluding steroid dienone is 1. The van der Waals surface area contributed by atoms with Crippen molar-refractivity contribution in [3.05, 3.63) is 66.4 Å². The Bertz CT molecular complexity index is 1260. The van der Waals surface area contributed by atoms with Crippen LogP contribution in [-0.2, 0) is 11.0 Å². The van der Waals surface area contributed by atoms with E-state index in [1.807, 2.05) is 6.92 Å². The summed E-state index contributed by atoms with van der Waals surface area (Å²) >= 11 is 0. The first-order valence-corrected chi connectivity index (χ1v) is 11.4. The minimum atomic E-state index is -4.59. The van der Waals surface area contributed by atoms with Gasteiger partial charge in [-0.15, -0.1) is 6.58 Å². The summed E-state index contributed by atoms with van der Waals surface area (Å²) in [6, 6.07) is 9.33. The predicted molar refractivity (Wildman–Crippen MR) is 132 cm³/mol. The van der Waals surface area contributed by atoms with Crippen molar-refractivity contribution >= 4 is 18.1 Å². The van der Waals surface area contributed by atoms with E-state index >= 15 is 0 Å². The van der Waals surface area contributed by atoms with E-state index in [2.05, 4.69) is 16.7 Å². The summed E-state index contributed by atoms with van der Waals surface area (Å²) in [7, 11) is 0. The Morgan fingerprint density at radius 3 is 2.49 bits per heavy atom. The van der Waals surface area contributed by atoms with E-state index in [4.69, 9.17) is 16.2 Å². The molecule has 1 atom stereocenters. The van der Waals surface area contributed by atoms with Crippen LogP contribution in [-0.4, -0.2) is 45.1 Å². The van der Waals surface area contributed by atoms with Crippen LogP contribution >= 0.6 is 0 Å². The van der Waals surface area contributed by atoms with Crippen LogP contribution in [0.4, 0.5) is 19.0 Å². The molecule has 0 unspecified atom stereocenters. The lowest BCUT2D eigenvalue weighted by molar-refractivity contribution is -0.141. The number of hydrogen-bond acceptors (Lipinski definition) is 6. The largest absolute Gasteiger partial charge is 0.439 e. The Labute approximate surface area is 211 Å². The van der Waals surface area contributed by atoms with Crippen molar-refractivity contribution in [1.82, 2.24) is 19.7 Å². The van der Waals surface area contributed by atoms with E-state index < -0.39 is 17.8 Å². The number of anilines is 1. The predicted octanol–water partition coefficient (Wildman–Crippen LogP) is 4.42. The van der Waals surface area contributed by atoms with Gasteiger partial charge < -0.3 is 21.1 Å². The number of halogens is 3. The van der Waals surface area contributed by atoms with Gasteiger partial charge in [0, 0.05) is 24.7 Å². The molecule has 0 spiro atoms. The fourth-order valence-electron chi connectivity index (χ4n) is 3.88. The van der Waals surface area contributed by atoms with Gasteiger partial charge in [-0.05, 0) is 50.1 Å². The molecule has 0 aliphatic carbocycles. The van der Waals surface area contributed by atoms with Crippen LogP contribution in [0, 0.1) is 0 Å². The summed E-state index contributed by atoms with van der Waals surface area (Å²) < 4.78 is 45.6. The third kappa shape index (κ3) is 6.46. The summed E-state index contributed by atoms with van der Waals surface area (Å²) in [4.78, 5) is 28.4. The maximum absolute atomic E-state index is 12.9. The van der Waals surface area contributed by atoms with Gasteiger partial charge in [-0.3, -0.25) is 9.59 Å². The number of alkyl halides is 3. The van der Waals surface area contributed by atoms with Crippen LogP contribution in [0.1, 0.15) is 41.9 Å². The number of benzene rings is 1. The van der Waals surface area contributed by atoms with Gasteiger partial charge in [0.1, 0.15) is 28.5 Å². The molecule has 1 fully saturated rings. The lowest BCUT2D eigenvalue weighted by atomic mass is 10.1. The smallest absolute Gasteiger partial charge is 0.433 e. The van der Waals surface area contributed by atoms with Crippen LogP contribution in [0.2, 0.25) is 0 Å². The summed E-state index contributed by atoms with van der Waals surface area (Å²) in [6.07, 6.45) is -0.585. The number of likely N-dealkylation sites (tertiary alicyclic amines) is 1. The lowest BCUT2D eigenvalue weighted by Gasteiger charge is -2.30. The van der Waals surface area contributed by atoms with Gasteiger partial charge in [-0.2, -0.15) is 18.3 Å². The van der Waals surface area contributed by atoms with Gasteiger partial charge in [0.25, 0.3) is 5.91 Å². The molecule has 4 N–H and O–H groups in total. The van der Waals surface area contributed by atoms with Crippen LogP contribution in [0.3, 0.4) is 0 Å². The molecule has 12 heteroatoms. The monoisotopic (exact) mass is 516 g/mol. The second-order valence-corrected chi connectivity index (χ2v) is 8.21. The van der Waals surface area contributed by atoms with Gasteiger partial charge in [0.15, 0.2) is 0 Å². The van der Waals surface area contributed by atoms with E-state index in [1.54, 1.807) is 23.1 Å². The topological polar surface area (TPSA) is 129 Å². The van der Waals surface area contributed by atoms with Crippen molar-refractivity contribution in [2.45, 2.75) is 32.0 Å². The van der Waals surface area contributed by atoms with Crippen LogP contribution in [0.5, 0.6) is 11.6 Å². The molecule has 196 valence electrons. The molecule has 1 aliphatic rings. The van der Waals surface area contributed by atoms with E-state index in [0.717, 1.165) is 25.3 Å². The molecule has 9 nitrogen and oxygen atoms in total. The van der Waals surface area contributed by atoms with Crippen molar-refractivity contribution < 1.29 is 27.5 Å². The molecule has 3 heterocycles. The first kappa shape index (κ1) is 27.2. The number of amides is 2. The normalized spacial score (nSPS) is 15.4. The zero-order valence-electron chi connectivity index (χ0n) is 20.1. The van der Waals surface area contributed by atoms with Crippen LogP contribution in [0.25, 0.3) is 11.3 Å². The Morgan fingerprint density at radius 2 is 1.89 bits per heavy atom. The highest BCUT2D eigenvalue weighted by Gasteiger charge is 2.33. The van der Waals surface area contributed by atoms with Crippen molar-refractivity contribution in [3.63, 3.8) is 0 Å². The molecule has 1 saturated heterocycles. The third-order valence-corrected chi connectivity index (χ3v) is 5.48. The lowest BCUT2D eigenvalue weighted by Crippen LogP contribution is -2.36. The Hall–Kier alpha value is -4.35. The number of pyridine rings is 1. The molecule has 1 aliphatic heterocycles. The molecular weight excluding hydrogens is 489 g/mol. The van der Waals surface area contributed by atoms with E-state index in [1.165, 1.54) is 28.9 Å². The number of nitrogens with zero attached hydrogens (tertiary/aromatic N) is 4. The highest BCUT2D eigenvalue weighted by Crippen LogP contribution is 2.34. The number of aromatic nitrogens is 3. The average molecular weight is 517 g/mol. The Balaban J connectivity index is 0.00000121. The van der Waals surface area contributed by atoms with Crippen molar-refractivity contribution in [3.8, 4) is 22.9 Å². The van der Waals surface area contributed by atoms with Crippen LogP contribution < -0.4 is 16.2 Å². The zero-order chi connectivity index (χ0) is 27.2. The number of primary amides is 1.